The van der Waals surface area contributed by atoms with Crippen LogP contribution in [0.2, 0.25) is 0 Å². The first-order chi connectivity index (χ1) is 8.99. The van der Waals surface area contributed by atoms with Crippen LogP contribution in [0.15, 0.2) is 18.2 Å². The van der Waals surface area contributed by atoms with Gasteiger partial charge < -0.3 is 0 Å². The number of nitro benzene ring substituents is 1. The SMILES string of the molecule is CC(C)C1CCCN1Cc1ccc([N+](=O)[O-])c(F)c1. The predicted molar refractivity (Wildman–Crippen MR) is 71.3 cm³/mol. The van der Waals surface area contributed by atoms with E-state index in [1.54, 1.807) is 6.07 Å². The van der Waals surface area contributed by atoms with Crippen LogP contribution in [0.1, 0.15) is 32.3 Å². The van der Waals surface area contributed by atoms with Gasteiger partial charge in [-0.3, -0.25) is 15.0 Å². The number of rotatable bonds is 4. The van der Waals surface area contributed by atoms with Crippen LogP contribution >= 0.6 is 0 Å². The van der Waals surface area contributed by atoms with Crippen molar-refractivity contribution in [2.24, 2.45) is 5.92 Å². The van der Waals surface area contributed by atoms with Gasteiger partial charge in [0.15, 0.2) is 0 Å². The summed E-state index contributed by atoms with van der Waals surface area (Å²) in [6.07, 6.45) is 2.34. The van der Waals surface area contributed by atoms with Crippen LogP contribution in [0.3, 0.4) is 0 Å². The zero-order valence-electron chi connectivity index (χ0n) is 11.3. The number of hydrogen-bond donors (Lipinski definition) is 0. The summed E-state index contributed by atoms with van der Waals surface area (Å²) >= 11 is 0. The summed E-state index contributed by atoms with van der Waals surface area (Å²) in [6.45, 7) is 6.07. The lowest BCUT2D eigenvalue weighted by atomic mass is 10.0. The fraction of sp³-hybridized carbons (Fsp3) is 0.571. The third-order valence-corrected chi connectivity index (χ3v) is 3.78. The molecule has 1 unspecified atom stereocenters. The van der Waals surface area contributed by atoms with Crippen LogP contribution in [0.4, 0.5) is 10.1 Å². The highest BCUT2D eigenvalue weighted by Gasteiger charge is 2.27. The first-order valence-corrected chi connectivity index (χ1v) is 6.66. The lowest BCUT2D eigenvalue weighted by molar-refractivity contribution is -0.387. The van der Waals surface area contributed by atoms with Gasteiger partial charge in [-0.2, -0.15) is 4.39 Å². The van der Waals surface area contributed by atoms with Gasteiger partial charge in [0.05, 0.1) is 4.92 Å². The van der Waals surface area contributed by atoms with Crippen molar-refractivity contribution in [1.82, 2.24) is 4.90 Å². The Bertz CT molecular complexity index is 477. The lowest BCUT2D eigenvalue weighted by Gasteiger charge is -2.27. The Balaban J connectivity index is 2.11. The van der Waals surface area contributed by atoms with Gasteiger partial charge in [0.25, 0.3) is 0 Å². The fourth-order valence-electron chi connectivity index (χ4n) is 2.83. The summed E-state index contributed by atoms with van der Waals surface area (Å²) in [7, 11) is 0. The molecule has 1 heterocycles. The molecular formula is C14H19FN2O2. The third kappa shape index (κ3) is 3.10. The molecule has 1 aromatic rings. The van der Waals surface area contributed by atoms with Crippen molar-refractivity contribution in [1.29, 1.82) is 0 Å². The average molecular weight is 266 g/mol. The average Bonchev–Trinajstić information content (AvgIpc) is 2.76. The second kappa shape index (κ2) is 5.65. The molecule has 0 aromatic heterocycles. The Morgan fingerprint density at radius 3 is 2.84 bits per heavy atom. The van der Waals surface area contributed by atoms with Crippen molar-refractivity contribution < 1.29 is 9.31 Å². The maximum atomic E-state index is 13.6. The summed E-state index contributed by atoms with van der Waals surface area (Å²) < 4.78 is 13.6. The zero-order chi connectivity index (χ0) is 14.0. The molecule has 0 N–H and O–H groups in total. The van der Waals surface area contributed by atoms with Crippen molar-refractivity contribution in [2.75, 3.05) is 6.54 Å². The van der Waals surface area contributed by atoms with Crippen LogP contribution in [0.25, 0.3) is 0 Å². The van der Waals surface area contributed by atoms with Crippen molar-refractivity contribution in [3.8, 4) is 0 Å². The van der Waals surface area contributed by atoms with Crippen molar-refractivity contribution >= 4 is 5.69 Å². The topological polar surface area (TPSA) is 46.4 Å². The van der Waals surface area contributed by atoms with Gasteiger partial charge in [-0.05, 0) is 36.9 Å². The molecule has 0 saturated carbocycles. The number of nitro groups is 1. The van der Waals surface area contributed by atoms with E-state index in [-0.39, 0.29) is 0 Å². The van der Waals surface area contributed by atoms with E-state index in [1.807, 2.05) is 0 Å². The number of likely N-dealkylation sites (tertiary alicyclic amines) is 1. The van der Waals surface area contributed by atoms with Crippen LogP contribution in [-0.2, 0) is 6.54 Å². The van der Waals surface area contributed by atoms with E-state index in [0.29, 0.717) is 18.5 Å². The molecule has 1 aliphatic rings. The number of nitrogens with zero attached hydrogens (tertiary/aromatic N) is 2. The summed E-state index contributed by atoms with van der Waals surface area (Å²) in [5.41, 5.74) is 0.348. The minimum atomic E-state index is -0.747. The quantitative estimate of drug-likeness (QED) is 0.620. The Morgan fingerprint density at radius 2 is 2.26 bits per heavy atom. The van der Waals surface area contributed by atoms with Gasteiger partial charge >= 0.3 is 5.69 Å². The van der Waals surface area contributed by atoms with Gasteiger partial charge in [-0.1, -0.05) is 19.9 Å². The van der Waals surface area contributed by atoms with E-state index < -0.39 is 16.4 Å². The fourth-order valence-corrected chi connectivity index (χ4v) is 2.83. The summed E-state index contributed by atoms with van der Waals surface area (Å²) in [6, 6.07) is 4.72. The standard InChI is InChI=1S/C14H19FN2O2/c1-10(2)13-4-3-7-16(13)9-11-5-6-14(17(18)19)12(15)8-11/h5-6,8,10,13H,3-4,7,9H2,1-2H3. The normalized spacial score (nSPS) is 20.1. The molecule has 1 saturated heterocycles. The second-order valence-corrected chi connectivity index (χ2v) is 5.47. The van der Waals surface area contributed by atoms with Crippen LogP contribution in [0.5, 0.6) is 0 Å². The molecule has 1 atom stereocenters. The van der Waals surface area contributed by atoms with E-state index in [0.717, 1.165) is 18.5 Å². The third-order valence-electron chi connectivity index (χ3n) is 3.78. The zero-order valence-corrected chi connectivity index (χ0v) is 11.3. The minimum Gasteiger partial charge on any atom is -0.296 e. The van der Waals surface area contributed by atoms with E-state index in [4.69, 9.17) is 0 Å². The van der Waals surface area contributed by atoms with E-state index in [1.165, 1.54) is 18.6 Å². The number of halogens is 1. The highest BCUT2D eigenvalue weighted by Crippen LogP contribution is 2.26. The maximum absolute atomic E-state index is 13.6. The molecule has 2 rings (SSSR count). The molecule has 1 fully saturated rings. The first-order valence-electron chi connectivity index (χ1n) is 6.66. The maximum Gasteiger partial charge on any atom is 0.304 e. The largest absolute Gasteiger partial charge is 0.304 e. The highest BCUT2D eigenvalue weighted by molar-refractivity contribution is 5.35. The highest BCUT2D eigenvalue weighted by atomic mass is 19.1. The molecule has 1 aliphatic heterocycles. The molecule has 0 bridgehead atoms. The van der Waals surface area contributed by atoms with Crippen LogP contribution in [0, 0.1) is 21.8 Å². The van der Waals surface area contributed by atoms with Gasteiger partial charge in [0, 0.05) is 18.7 Å². The van der Waals surface area contributed by atoms with Gasteiger partial charge in [0.2, 0.25) is 5.82 Å². The van der Waals surface area contributed by atoms with E-state index >= 15 is 0 Å². The lowest BCUT2D eigenvalue weighted by Crippen LogP contribution is -2.32. The molecular weight excluding hydrogens is 247 g/mol. The molecule has 0 aliphatic carbocycles. The second-order valence-electron chi connectivity index (χ2n) is 5.47. The van der Waals surface area contributed by atoms with E-state index in [2.05, 4.69) is 18.7 Å². The monoisotopic (exact) mass is 266 g/mol. The summed E-state index contributed by atoms with van der Waals surface area (Å²) in [4.78, 5) is 12.2. The molecule has 104 valence electrons. The summed E-state index contributed by atoms with van der Waals surface area (Å²) in [5, 5.41) is 10.6. The first kappa shape index (κ1) is 13.9. The number of benzene rings is 1. The minimum absolute atomic E-state index is 0.453. The van der Waals surface area contributed by atoms with Crippen molar-refractivity contribution in [3.05, 3.63) is 39.7 Å². The molecule has 19 heavy (non-hydrogen) atoms. The Labute approximate surface area is 112 Å². The van der Waals surface area contributed by atoms with Crippen LogP contribution in [-0.4, -0.2) is 22.4 Å². The Morgan fingerprint density at radius 1 is 1.53 bits per heavy atom. The van der Waals surface area contributed by atoms with Gasteiger partial charge in [-0.25, -0.2) is 0 Å². The smallest absolute Gasteiger partial charge is 0.296 e. The molecule has 0 amide bonds. The summed E-state index contributed by atoms with van der Waals surface area (Å²) in [5.74, 6) is -0.173. The van der Waals surface area contributed by atoms with E-state index in [9.17, 15) is 14.5 Å². The molecule has 4 nitrogen and oxygen atoms in total. The van der Waals surface area contributed by atoms with Gasteiger partial charge in [0.1, 0.15) is 0 Å². The van der Waals surface area contributed by atoms with Gasteiger partial charge in [-0.15, -0.1) is 0 Å². The molecule has 0 spiro atoms. The van der Waals surface area contributed by atoms with Crippen molar-refractivity contribution in [2.45, 2.75) is 39.3 Å². The Hall–Kier alpha value is -1.49. The number of hydrogen-bond acceptors (Lipinski definition) is 3. The molecule has 0 radical (unpaired) electrons. The van der Waals surface area contributed by atoms with Crippen molar-refractivity contribution in [3.63, 3.8) is 0 Å². The predicted octanol–water partition coefficient (Wildman–Crippen LogP) is 3.35. The Kier molecular flexibility index (Phi) is 4.14. The van der Waals surface area contributed by atoms with Crippen LogP contribution < -0.4 is 0 Å². The molecule has 5 heteroatoms. The molecule has 1 aromatic carbocycles.